The third kappa shape index (κ3) is 5.19. The third-order valence-corrected chi connectivity index (χ3v) is 9.29. The molecule has 204 valence electrons. The molecule has 0 spiro atoms. The third-order valence-electron chi connectivity index (χ3n) is 7.98. The Balaban J connectivity index is 1.67. The second-order valence-corrected chi connectivity index (χ2v) is 13.1. The molecule has 1 heterocycles. The van der Waals surface area contributed by atoms with Gasteiger partial charge in [-0.15, -0.1) is 11.8 Å². The van der Waals surface area contributed by atoms with Gasteiger partial charge >= 0.3 is 0 Å². The number of nitrogens with two attached hydrogens (primary N) is 1. The van der Waals surface area contributed by atoms with Crippen LogP contribution in [-0.2, 0) is 10.5 Å². The molecule has 0 amide bonds. The summed E-state index contributed by atoms with van der Waals surface area (Å²) in [4.78, 5) is 17.1. The lowest BCUT2D eigenvalue weighted by Crippen LogP contribution is -2.42. The Labute approximate surface area is 246 Å². The smallest absolute Gasteiger partial charge is 0.162 e. The molecule has 1 unspecified atom stereocenters. The van der Waals surface area contributed by atoms with Crippen molar-refractivity contribution >= 4 is 34.8 Å². The van der Waals surface area contributed by atoms with Gasteiger partial charge in [-0.2, -0.15) is 5.26 Å². The zero-order valence-corrected chi connectivity index (χ0v) is 25.2. The van der Waals surface area contributed by atoms with Crippen LogP contribution in [0.15, 0.2) is 88.2 Å². The molecule has 3 aromatic carbocycles. The Morgan fingerprint density at radius 1 is 1.02 bits per heavy atom. The fraction of sp³-hybridized carbons (Fsp3) is 0.294. The Bertz CT molecular complexity index is 1610. The van der Waals surface area contributed by atoms with E-state index in [0.717, 1.165) is 38.7 Å². The van der Waals surface area contributed by atoms with Crippen LogP contribution >= 0.6 is 23.4 Å². The molecule has 3 aromatic rings. The van der Waals surface area contributed by atoms with E-state index in [1.807, 2.05) is 60.4 Å². The lowest BCUT2D eigenvalue weighted by Gasteiger charge is -2.44. The van der Waals surface area contributed by atoms with Gasteiger partial charge in [-0.05, 0) is 90.8 Å². The highest BCUT2D eigenvalue weighted by atomic mass is 35.5. The predicted molar refractivity (Wildman–Crippen MR) is 165 cm³/mol. The van der Waals surface area contributed by atoms with Gasteiger partial charge in [0.25, 0.3) is 0 Å². The number of aryl methyl sites for hydroxylation is 3. The van der Waals surface area contributed by atoms with Crippen LogP contribution in [0.3, 0.4) is 0 Å². The maximum Gasteiger partial charge on any atom is 0.162 e. The molecule has 2 aliphatic rings. The summed E-state index contributed by atoms with van der Waals surface area (Å²) in [6.45, 7) is 10.5. The number of Topliss-reactive ketones (excluding diaryl/α,β-unsaturated/α-hetero) is 1. The van der Waals surface area contributed by atoms with Crippen molar-refractivity contribution in [3.05, 3.63) is 116 Å². The zero-order chi connectivity index (χ0) is 28.8. The fourth-order valence-electron chi connectivity index (χ4n) is 5.98. The van der Waals surface area contributed by atoms with Crippen molar-refractivity contribution in [3.63, 3.8) is 0 Å². The average Bonchev–Trinajstić information content (AvgIpc) is 2.89. The molecular weight excluding hydrogens is 534 g/mol. The Kier molecular flexibility index (Phi) is 7.61. The van der Waals surface area contributed by atoms with Gasteiger partial charge in [-0.25, -0.2) is 0 Å². The molecule has 0 radical (unpaired) electrons. The van der Waals surface area contributed by atoms with Crippen LogP contribution in [0, 0.1) is 37.5 Å². The summed E-state index contributed by atoms with van der Waals surface area (Å²) < 4.78 is 0. The van der Waals surface area contributed by atoms with Crippen molar-refractivity contribution in [2.24, 2.45) is 11.1 Å². The van der Waals surface area contributed by atoms with Crippen molar-refractivity contribution in [1.29, 1.82) is 5.26 Å². The molecule has 0 saturated carbocycles. The maximum absolute atomic E-state index is 14.0. The van der Waals surface area contributed by atoms with Gasteiger partial charge in [0, 0.05) is 33.4 Å². The number of allylic oxidation sites excluding steroid dienone is 3. The molecule has 4 nitrogen and oxygen atoms in total. The van der Waals surface area contributed by atoms with Crippen LogP contribution in [0.1, 0.15) is 60.4 Å². The number of nitriles is 1. The van der Waals surface area contributed by atoms with Gasteiger partial charge in [0.1, 0.15) is 5.82 Å². The van der Waals surface area contributed by atoms with Crippen LogP contribution in [-0.4, -0.2) is 5.78 Å². The minimum absolute atomic E-state index is 0.0900. The van der Waals surface area contributed by atoms with Crippen molar-refractivity contribution in [2.45, 2.75) is 64.0 Å². The first-order valence-corrected chi connectivity index (χ1v) is 14.9. The SMILES string of the molecule is Cc1cc(C)c(C2C(C#N)=C(N)N(c3ccccc3C)C3=C2C(=O)CC(C)(C)C3)cc1CSc1ccc(Cl)cc1. The molecule has 1 aliphatic heterocycles. The van der Waals surface area contributed by atoms with E-state index in [1.165, 1.54) is 11.1 Å². The van der Waals surface area contributed by atoms with Crippen molar-refractivity contribution in [3.8, 4) is 6.07 Å². The van der Waals surface area contributed by atoms with Crippen LogP contribution in [0.4, 0.5) is 5.69 Å². The molecule has 1 atom stereocenters. The number of nitrogens with zero attached hydrogens (tertiary/aromatic N) is 2. The van der Waals surface area contributed by atoms with E-state index >= 15 is 0 Å². The second kappa shape index (κ2) is 10.8. The highest BCUT2D eigenvalue weighted by Crippen LogP contribution is 2.51. The Morgan fingerprint density at radius 2 is 1.73 bits per heavy atom. The highest BCUT2D eigenvalue weighted by Gasteiger charge is 2.45. The van der Waals surface area contributed by atoms with Gasteiger partial charge in [0.05, 0.1) is 23.2 Å². The van der Waals surface area contributed by atoms with Gasteiger partial charge in [-0.1, -0.05) is 55.8 Å². The Morgan fingerprint density at radius 3 is 2.40 bits per heavy atom. The van der Waals surface area contributed by atoms with Gasteiger partial charge in [0.2, 0.25) is 0 Å². The molecule has 0 bridgehead atoms. The molecule has 1 aliphatic carbocycles. The zero-order valence-electron chi connectivity index (χ0n) is 23.6. The van der Waals surface area contributed by atoms with Crippen molar-refractivity contribution in [1.82, 2.24) is 0 Å². The number of carbonyl (C=O) groups excluding carboxylic acids is 1. The summed E-state index contributed by atoms with van der Waals surface area (Å²) in [5, 5.41) is 11.2. The van der Waals surface area contributed by atoms with Gasteiger partial charge in [-0.3, -0.25) is 9.69 Å². The monoisotopic (exact) mass is 567 g/mol. The largest absolute Gasteiger partial charge is 0.384 e. The van der Waals surface area contributed by atoms with E-state index in [-0.39, 0.29) is 11.2 Å². The lowest BCUT2D eigenvalue weighted by molar-refractivity contribution is -0.118. The van der Waals surface area contributed by atoms with E-state index in [4.69, 9.17) is 17.3 Å². The molecule has 0 aromatic heterocycles. The van der Waals surface area contributed by atoms with Crippen LogP contribution in [0.5, 0.6) is 0 Å². The summed E-state index contributed by atoms with van der Waals surface area (Å²) in [5.74, 6) is 0.760. The number of carbonyl (C=O) groups is 1. The van der Waals surface area contributed by atoms with E-state index in [9.17, 15) is 10.1 Å². The van der Waals surface area contributed by atoms with E-state index < -0.39 is 5.92 Å². The molecule has 2 N–H and O–H groups in total. The molecule has 40 heavy (non-hydrogen) atoms. The number of anilines is 1. The molecule has 6 heteroatoms. The number of hydrogen-bond donors (Lipinski definition) is 1. The van der Waals surface area contributed by atoms with Gasteiger partial charge in [0.15, 0.2) is 5.78 Å². The standard InChI is InChI=1S/C34H34ClN3OS/c1-20-8-6-7-9-28(20)38-29-16-34(4,5)17-30(39)32(29)31(27(18-36)33(38)37)26-15-23(21(2)14-22(26)3)19-40-25-12-10-24(35)11-13-25/h6-15,31H,16-17,19,37H2,1-5H3. The number of thioether (sulfide) groups is 1. The molecule has 0 fully saturated rings. The summed E-state index contributed by atoms with van der Waals surface area (Å²) in [6, 6.07) is 22.6. The first-order chi connectivity index (χ1) is 19.0. The average molecular weight is 568 g/mol. The number of para-hydroxylation sites is 1. The maximum atomic E-state index is 14.0. The molecule has 0 saturated heterocycles. The number of halogens is 1. The topological polar surface area (TPSA) is 70.1 Å². The lowest BCUT2D eigenvalue weighted by atomic mass is 9.68. The summed E-state index contributed by atoms with van der Waals surface area (Å²) >= 11 is 7.81. The number of hydrogen-bond acceptors (Lipinski definition) is 5. The minimum Gasteiger partial charge on any atom is -0.384 e. The summed E-state index contributed by atoms with van der Waals surface area (Å²) in [5.41, 5.74) is 15.0. The van der Waals surface area contributed by atoms with Gasteiger partial charge < -0.3 is 5.73 Å². The fourth-order valence-corrected chi connectivity index (χ4v) is 7.07. The first kappa shape index (κ1) is 28.1. The van der Waals surface area contributed by atoms with E-state index in [0.29, 0.717) is 34.8 Å². The summed E-state index contributed by atoms with van der Waals surface area (Å²) in [6.07, 6.45) is 1.13. The van der Waals surface area contributed by atoms with Crippen LogP contribution in [0.2, 0.25) is 5.02 Å². The minimum atomic E-state index is -0.497. The van der Waals surface area contributed by atoms with Crippen molar-refractivity contribution in [2.75, 3.05) is 4.90 Å². The first-order valence-electron chi connectivity index (χ1n) is 13.5. The summed E-state index contributed by atoms with van der Waals surface area (Å²) in [7, 11) is 0. The number of benzene rings is 3. The van der Waals surface area contributed by atoms with Crippen LogP contribution in [0.25, 0.3) is 0 Å². The Hall–Kier alpha value is -3.46. The second-order valence-electron chi connectivity index (χ2n) is 11.6. The quantitative estimate of drug-likeness (QED) is 0.313. The van der Waals surface area contributed by atoms with E-state index in [1.54, 1.807) is 11.8 Å². The molecular formula is C34H34ClN3OS. The normalized spacial score (nSPS) is 18.6. The highest BCUT2D eigenvalue weighted by molar-refractivity contribution is 7.98. The van der Waals surface area contributed by atoms with E-state index in [2.05, 4.69) is 45.9 Å². The molecule has 5 rings (SSSR count). The van der Waals surface area contributed by atoms with Crippen LogP contribution < -0.4 is 10.6 Å². The number of ketones is 1. The predicted octanol–water partition coefficient (Wildman–Crippen LogP) is 8.50. The van der Waals surface area contributed by atoms with Crippen molar-refractivity contribution < 1.29 is 4.79 Å². The number of rotatable bonds is 5.